The number of hydrogen-bond acceptors (Lipinski definition) is 4. The molecule has 19 heavy (non-hydrogen) atoms. The zero-order valence-corrected chi connectivity index (χ0v) is 11.6. The van der Waals surface area contributed by atoms with Gasteiger partial charge in [-0.05, 0) is 17.5 Å². The van der Waals surface area contributed by atoms with Gasteiger partial charge in [0.05, 0.1) is 6.42 Å². The summed E-state index contributed by atoms with van der Waals surface area (Å²) in [6, 6.07) is 7.86. The van der Waals surface area contributed by atoms with Crippen molar-refractivity contribution >= 4 is 11.9 Å². The minimum absolute atomic E-state index is 0.184. The normalized spacial score (nSPS) is 11.7. The molecule has 1 aromatic carbocycles. The van der Waals surface area contributed by atoms with Crippen molar-refractivity contribution < 1.29 is 19.1 Å². The molecule has 0 aromatic heterocycles. The van der Waals surface area contributed by atoms with Gasteiger partial charge in [0.2, 0.25) is 6.29 Å². The maximum Gasteiger partial charge on any atom is 0.313 e. The number of benzene rings is 1. The number of ether oxygens (including phenoxy) is 2. The molecule has 0 aliphatic carbocycles. The molecule has 0 aliphatic rings. The van der Waals surface area contributed by atoms with Crippen LogP contribution in [0.5, 0.6) is 0 Å². The highest BCUT2D eigenvalue weighted by Crippen LogP contribution is 2.09. The summed E-state index contributed by atoms with van der Waals surface area (Å²) in [5.74, 6) is -0.868. The third kappa shape index (κ3) is 6.04. The van der Waals surface area contributed by atoms with E-state index < -0.39 is 18.2 Å². The van der Waals surface area contributed by atoms with Gasteiger partial charge in [-0.3, -0.25) is 9.59 Å². The van der Waals surface area contributed by atoms with E-state index in [9.17, 15) is 9.59 Å². The van der Waals surface area contributed by atoms with E-state index >= 15 is 0 Å². The molecule has 0 heterocycles. The highest BCUT2D eigenvalue weighted by atomic mass is 16.7. The molecule has 0 amide bonds. The number of aryl methyl sites for hydroxylation is 1. The summed E-state index contributed by atoms with van der Waals surface area (Å²) in [4.78, 5) is 22.4. The topological polar surface area (TPSA) is 52.6 Å². The zero-order chi connectivity index (χ0) is 14.3. The molecule has 0 fully saturated rings. The Hall–Kier alpha value is -1.84. The fourth-order valence-electron chi connectivity index (χ4n) is 1.84. The van der Waals surface area contributed by atoms with Crippen molar-refractivity contribution in [2.75, 3.05) is 0 Å². The van der Waals surface area contributed by atoms with E-state index in [-0.39, 0.29) is 6.42 Å². The molecule has 104 valence electrons. The second-order valence-electron chi connectivity index (χ2n) is 4.41. The fourth-order valence-corrected chi connectivity index (χ4v) is 1.84. The summed E-state index contributed by atoms with van der Waals surface area (Å²) in [7, 11) is 0. The Labute approximate surface area is 113 Å². The van der Waals surface area contributed by atoms with Crippen LogP contribution in [0.1, 0.15) is 38.3 Å². The van der Waals surface area contributed by atoms with Crippen LogP contribution in [0.4, 0.5) is 0 Å². The molecule has 0 saturated heterocycles. The second kappa shape index (κ2) is 7.56. The van der Waals surface area contributed by atoms with Gasteiger partial charge in [-0.25, -0.2) is 0 Å². The molecule has 4 heteroatoms. The molecular formula is C15H20O4. The SMILES string of the molecule is CCCc1cccc(CC(=O)OC(C)OC(C)=O)c1. The van der Waals surface area contributed by atoms with Crippen LogP contribution >= 0.6 is 0 Å². The third-order valence-electron chi connectivity index (χ3n) is 2.51. The van der Waals surface area contributed by atoms with Gasteiger partial charge in [-0.2, -0.15) is 0 Å². The zero-order valence-electron chi connectivity index (χ0n) is 11.6. The van der Waals surface area contributed by atoms with Gasteiger partial charge in [0.1, 0.15) is 0 Å². The van der Waals surface area contributed by atoms with Crippen LogP contribution in [0.3, 0.4) is 0 Å². The van der Waals surface area contributed by atoms with Gasteiger partial charge < -0.3 is 9.47 Å². The molecule has 1 unspecified atom stereocenters. The van der Waals surface area contributed by atoms with Crippen LogP contribution < -0.4 is 0 Å². The lowest BCUT2D eigenvalue weighted by Gasteiger charge is -2.13. The average Bonchev–Trinajstić information content (AvgIpc) is 2.28. The Balaban J connectivity index is 2.52. The van der Waals surface area contributed by atoms with Crippen molar-refractivity contribution in [3.8, 4) is 0 Å². The van der Waals surface area contributed by atoms with E-state index in [1.807, 2.05) is 24.3 Å². The monoisotopic (exact) mass is 264 g/mol. The first-order valence-electron chi connectivity index (χ1n) is 6.45. The Bertz CT molecular complexity index is 440. The third-order valence-corrected chi connectivity index (χ3v) is 2.51. The molecule has 1 aromatic rings. The Morgan fingerprint density at radius 2 is 1.89 bits per heavy atom. The van der Waals surface area contributed by atoms with E-state index in [1.165, 1.54) is 19.4 Å². The average molecular weight is 264 g/mol. The number of carbonyl (C=O) groups is 2. The summed E-state index contributed by atoms with van der Waals surface area (Å²) < 4.78 is 9.72. The molecule has 0 spiro atoms. The first-order chi connectivity index (χ1) is 9.01. The Morgan fingerprint density at radius 1 is 1.21 bits per heavy atom. The number of hydrogen-bond donors (Lipinski definition) is 0. The van der Waals surface area contributed by atoms with Crippen molar-refractivity contribution in [3.63, 3.8) is 0 Å². The predicted octanol–water partition coefficient (Wildman–Crippen LogP) is 2.63. The van der Waals surface area contributed by atoms with Gasteiger partial charge >= 0.3 is 11.9 Å². The van der Waals surface area contributed by atoms with Crippen LogP contribution in [0.2, 0.25) is 0 Å². The van der Waals surface area contributed by atoms with Gasteiger partial charge in [-0.15, -0.1) is 0 Å². The second-order valence-corrected chi connectivity index (χ2v) is 4.41. The first-order valence-corrected chi connectivity index (χ1v) is 6.45. The van der Waals surface area contributed by atoms with Crippen LogP contribution in [0.15, 0.2) is 24.3 Å². The molecule has 0 aliphatic heterocycles. The fraction of sp³-hybridized carbons (Fsp3) is 0.467. The molecular weight excluding hydrogens is 244 g/mol. The highest BCUT2D eigenvalue weighted by Gasteiger charge is 2.12. The lowest BCUT2D eigenvalue weighted by atomic mass is 10.1. The van der Waals surface area contributed by atoms with Crippen LogP contribution in [0.25, 0.3) is 0 Å². The first kappa shape index (κ1) is 15.2. The molecule has 1 atom stereocenters. The molecule has 0 bridgehead atoms. The summed E-state index contributed by atoms with van der Waals surface area (Å²) in [6.45, 7) is 4.91. The standard InChI is InChI=1S/C15H20O4/c1-4-6-13-7-5-8-14(9-13)10-15(17)19-12(3)18-11(2)16/h5,7-9,12H,4,6,10H2,1-3H3. The van der Waals surface area contributed by atoms with E-state index in [1.54, 1.807) is 0 Å². The van der Waals surface area contributed by atoms with E-state index in [4.69, 9.17) is 9.47 Å². The van der Waals surface area contributed by atoms with Crippen molar-refractivity contribution in [2.45, 2.75) is 46.3 Å². The predicted molar refractivity (Wildman–Crippen MR) is 71.5 cm³/mol. The lowest BCUT2D eigenvalue weighted by Crippen LogP contribution is -2.21. The molecule has 0 radical (unpaired) electrons. The maximum atomic E-state index is 11.7. The quantitative estimate of drug-likeness (QED) is 0.585. The van der Waals surface area contributed by atoms with Crippen molar-refractivity contribution in [1.29, 1.82) is 0 Å². The summed E-state index contributed by atoms with van der Waals surface area (Å²) in [6.07, 6.45) is 1.40. The van der Waals surface area contributed by atoms with E-state index in [2.05, 4.69) is 6.92 Å². The molecule has 4 nitrogen and oxygen atoms in total. The molecule has 0 N–H and O–H groups in total. The summed E-state index contributed by atoms with van der Waals surface area (Å²) >= 11 is 0. The largest absolute Gasteiger partial charge is 0.426 e. The van der Waals surface area contributed by atoms with Crippen LogP contribution in [-0.4, -0.2) is 18.2 Å². The number of carbonyl (C=O) groups excluding carboxylic acids is 2. The van der Waals surface area contributed by atoms with E-state index in [0.29, 0.717) is 0 Å². The molecule has 1 rings (SSSR count). The minimum atomic E-state index is -0.844. The van der Waals surface area contributed by atoms with Gasteiger partial charge in [0.15, 0.2) is 0 Å². The van der Waals surface area contributed by atoms with Gasteiger partial charge in [0.25, 0.3) is 0 Å². The lowest BCUT2D eigenvalue weighted by molar-refractivity contribution is -0.182. The van der Waals surface area contributed by atoms with Crippen molar-refractivity contribution in [1.82, 2.24) is 0 Å². The minimum Gasteiger partial charge on any atom is -0.426 e. The maximum absolute atomic E-state index is 11.7. The molecule has 0 saturated carbocycles. The highest BCUT2D eigenvalue weighted by molar-refractivity contribution is 5.73. The van der Waals surface area contributed by atoms with Crippen LogP contribution in [-0.2, 0) is 31.9 Å². The van der Waals surface area contributed by atoms with Gasteiger partial charge in [0, 0.05) is 13.8 Å². The Kier molecular flexibility index (Phi) is 6.06. The van der Waals surface area contributed by atoms with E-state index in [0.717, 1.165) is 18.4 Å². The number of esters is 2. The van der Waals surface area contributed by atoms with Crippen molar-refractivity contribution in [3.05, 3.63) is 35.4 Å². The summed E-state index contributed by atoms with van der Waals surface area (Å²) in [5, 5.41) is 0. The summed E-state index contributed by atoms with van der Waals surface area (Å²) in [5.41, 5.74) is 2.12. The van der Waals surface area contributed by atoms with Crippen LogP contribution in [0, 0.1) is 0 Å². The smallest absolute Gasteiger partial charge is 0.313 e. The Morgan fingerprint density at radius 3 is 2.53 bits per heavy atom. The van der Waals surface area contributed by atoms with Crippen molar-refractivity contribution in [2.24, 2.45) is 0 Å². The number of rotatable bonds is 6. The van der Waals surface area contributed by atoms with Gasteiger partial charge in [-0.1, -0.05) is 37.6 Å².